The zero-order chi connectivity index (χ0) is 15.0. The Balaban J connectivity index is 2.07. The van der Waals surface area contributed by atoms with Crippen LogP contribution in [0, 0.1) is 19.7 Å². The van der Waals surface area contributed by atoms with E-state index in [4.69, 9.17) is 10.7 Å². The Morgan fingerprint density at radius 1 is 1.05 bits per heavy atom. The topological polar surface area (TPSA) is 38.9 Å². The summed E-state index contributed by atoms with van der Waals surface area (Å²) in [6.07, 6.45) is 0. The molecule has 1 aromatic heterocycles. The number of hydrogen-bond donors (Lipinski definition) is 1. The van der Waals surface area contributed by atoms with Gasteiger partial charge in [0.25, 0.3) is 0 Å². The van der Waals surface area contributed by atoms with Crippen LogP contribution in [-0.2, 0) is 0 Å². The molecule has 3 aromatic rings. The molecule has 3 rings (SSSR count). The molecule has 2 nitrogen and oxygen atoms in total. The van der Waals surface area contributed by atoms with E-state index in [0.29, 0.717) is 5.56 Å². The van der Waals surface area contributed by atoms with Crippen LogP contribution in [0.25, 0.3) is 21.8 Å². The van der Waals surface area contributed by atoms with Crippen molar-refractivity contribution in [3.63, 3.8) is 0 Å². The molecule has 0 bridgehead atoms. The first-order chi connectivity index (χ1) is 10.0. The van der Waals surface area contributed by atoms with E-state index in [1.54, 1.807) is 24.3 Å². The van der Waals surface area contributed by atoms with Crippen LogP contribution in [0.2, 0.25) is 0 Å². The second-order valence-electron chi connectivity index (χ2n) is 5.01. The highest BCUT2D eigenvalue weighted by Crippen LogP contribution is 2.34. The molecule has 21 heavy (non-hydrogen) atoms. The number of hydrogen-bond acceptors (Lipinski definition) is 3. The molecule has 0 unspecified atom stereocenters. The Kier molecular flexibility index (Phi) is 3.47. The highest BCUT2D eigenvalue weighted by atomic mass is 32.1. The third kappa shape index (κ3) is 2.67. The Morgan fingerprint density at radius 3 is 2.57 bits per heavy atom. The fourth-order valence-corrected chi connectivity index (χ4v) is 3.18. The first kappa shape index (κ1) is 13.8. The number of thiazole rings is 1. The average molecular weight is 298 g/mol. The molecular formula is C17H15FN2S. The SMILES string of the molecule is Cc1cc(-c2nc(-c3cccc(N)c3)sc2C)ccc1F. The molecule has 2 aromatic carbocycles. The zero-order valence-corrected chi connectivity index (χ0v) is 12.7. The van der Waals surface area contributed by atoms with Gasteiger partial charge < -0.3 is 5.73 Å². The van der Waals surface area contributed by atoms with Gasteiger partial charge in [0.15, 0.2) is 0 Å². The second-order valence-corrected chi connectivity index (χ2v) is 6.22. The van der Waals surface area contributed by atoms with Crippen molar-refractivity contribution in [2.24, 2.45) is 0 Å². The summed E-state index contributed by atoms with van der Waals surface area (Å²) in [5.74, 6) is -0.192. The van der Waals surface area contributed by atoms with E-state index in [9.17, 15) is 4.39 Å². The van der Waals surface area contributed by atoms with Crippen LogP contribution in [0.5, 0.6) is 0 Å². The lowest BCUT2D eigenvalue weighted by atomic mass is 10.1. The molecule has 0 atom stereocenters. The highest BCUT2D eigenvalue weighted by molar-refractivity contribution is 7.15. The Labute approximate surface area is 127 Å². The van der Waals surface area contributed by atoms with E-state index < -0.39 is 0 Å². The van der Waals surface area contributed by atoms with Crippen molar-refractivity contribution >= 4 is 17.0 Å². The third-order valence-electron chi connectivity index (χ3n) is 3.36. The monoisotopic (exact) mass is 298 g/mol. The average Bonchev–Trinajstić information content (AvgIpc) is 2.84. The quantitative estimate of drug-likeness (QED) is 0.689. The van der Waals surface area contributed by atoms with Crippen molar-refractivity contribution in [2.45, 2.75) is 13.8 Å². The molecule has 106 valence electrons. The molecule has 0 spiro atoms. The van der Waals surface area contributed by atoms with Crippen LogP contribution in [0.15, 0.2) is 42.5 Å². The summed E-state index contributed by atoms with van der Waals surface area (Å²) >= 11 is 1.62. The van der Waals surface area contributed by atoms with E-state index in [2.05, 4.69) is 0 Å². The summed E-state index contributed by atoms with van der Waals surface area (Å²) in [7, 11) is 0. The van der Waals surface area contributed by atoms with Crippen LogP contribution in [-0.4, -0.2) is 4.98 Å². The van der Waals surface area contributed by atoms with E-state index in [0.717, 1.165) is 32.4 Å². The number of benzene rings is 2. The lowest BCUT2D eigenvalue weighted by Crippen LogP contribution is -1.87. The van der Waals surface area contributed by atoms with E-state index >= 15 is 0 Å². The predicted octanol–water partition coefficient (Wildman–Crippen LogP) is 4.82. The standard InChI is InChI=1S/C17H15FN2S/c1-10-8-12(6-7-15(10)18)16-11(2)21-17(20-16)13-4-3-5-14(19)9-13/h3-9H,19H2,1-2H3. The number of nitrogen functional groups attached to an aromatic ring is 1. The molecule has 1 heterocycles. The van der Waals surface area contributed by atoms with Crippen molar-refractivity contribution < 1.29 is 4.39 Å². The number of nitrogens with two attached hydrogens (primary N) is 1. The second kappa shape index (κ2) is 5.30. The number of rotatable bonds is 2. The van der Waals surface area contributed by atoms with E-state index in [-0.39, 0.29) is 5.82 Å². The maximum absolute atomic E-state index is 13.4. The lowest BCUT2D eigenvalue weighted by molar-refractivity contribution is 0.619. The molecule has 4 heteroatoms. The predicted molar refractivity (Wildman–Crippen MR) is 86.8 cm³/mol. The largest absolute Gasteiger partial charge is 0.399 e. The molecule has 0 aliphatic rings. The molecule has 2 N–H and O–H groups in total. The fraction of sp³-hybridized carbons (Fsp3) is 0.118. The highest BCUT2D eigenvalue weighted by Gasteiger charge is 2.12. The van der Waals surface area contributed by atoms with Gasteiger partial charge in [-0.15, -0.1) is 11.3 Å². The number of aryl methyl sites for hydroxylation is 2. The number of aromatic nitrogens is 1. The lowest BCUT2D eigenvalue weighted by Gasteiger charge is -2.02. The Bertz CT molecular complexity index is 808. The van der Waals surface area contributed by atoms with Crippen LogP contribution in [0.1, 0.15) is 10.4 Å². The summed E-state index contributed by atoms with van der Waals surface area (Å²) in [5.41, 5.74) is 10.0. The van der Waals surface area contributed by atoms with Crippen molar-refractivity contribution in [1.82, 2.24) is 4.98 Å². The van der Waals surface area contributed by atoms with Gasteiger partial charge >= 0.3 is 0 Å². The minimum atomic E-state index is -0.192. The first-order valence-corrected chi connectivity index (χ1v) is 7.46. The fourth-order valence-electron chi connectivity index (χ4n) is 2.25. The maximum atomic E-state index is 13.4. The Hall–Kier alpha value is -2.20. The van der Waals surface area contributed by atoms with Crippen LogP contribution in [0.4, 0.5) is 10.1 Å². The van der Waals surface area contributed by atoms with Gasteiger partial charge in [-0.05, 0) is 49.7 Å². The van der Waals surface area contributed by atoms with Gasteiger partial charge in [-0.25, -0.2) is 9.37 Å². The Morgan fingerprint density at radius 2 is 1.86 bits per heavy atom. The molecule has 0 radical (unpaired) electrons. The van der Waals surface area contributed by atoms with Crippen LogP contribution >= 0.6 is 11.3 Å². The minimum Gasteiger partial charge on any atom is -0.399 e. The third-order valence-corrected chi connectivity index (χ3v) is 4.38. The van der Waals surface area contributed by atoms with E-state index in [1.165, 1.54) is 6.07 Å². The number of nitrogens with zero attached hydrogens (tertiary/aromatic N) is 1. The molecule has 0 fully saturated rings. The van der Waals surface area contributed by atoms with Gasteiger partial charge in [0.1, 0.15) is 10.8 Å². The van der Waals surface area contributed by atoms with Crippen LogP contribution in [0.3, 0.4) is 0 Å². The number of halogens is 1. The summed E-state index contributed by atoms with van der Waals surface area (Å²) < 4.78 is 13.4. The molecule has 0 aliphatic heterocycles. The van der Waals surface area contributed by atoms with Crippen molar-refractivity contribution in [3.8, 4) is 21.8 Å². The van der Waals surface area contributed by atoms with Gasteiger partial charge in [0.2, 0.25) is 0 Å². The maximum Gasteiger partial charge on any atom is 0.126 e. The zero-order valence-electron chi connectivity index (χ0n) is 11.9. The van der Waals surface area contributed by atoms with Crippen molar-refractivity contribution in [3.05, 3.63) is 58.7 Å². The summed E-state index contributed by atoms with van der Waals surface area (Å²) in [4.78, 5) is 5.81. The molecule has 0 saturated heterocycles. The first-order valence-electron chi connectivity index (χ1n) is 6.64. The van der Waals surface area contributed by atoms with Gasteiger partial charge in [0.05, 0.1) is 5.69 Å². The summed E-state index contributed by atoms with van der Waals surface area (Å²) in [6.45, 7) is 3.79. The van der Waals surface area contributed by atoms with E-state index in [1.807, 2.05) is 37.3 Å². The minimum absolute atomic E-state index is 0.192. The van der Waals surface area contributed by atoms with Gasteiger partial charge in [-0.1, -0.05) is 12.1 Å². The molecule has 0 aliphatic carbocycles. The normalized spacial score (nSPS) is 10.8. The smallest absolute Gasteiger partial charge is 0.126 e. The molecular weight excluding hydrogens is 283 g/mol. The summed E-state index contributed by atoms with van der Waals surface area (Å²) in [5, 5.41) is 0.928. The van der Waals surface area contributed by atoms with Gasteiger partial charge in [0, 0.05) is 21.7 Å². The van der Waals surface area contributed by atoms with Crippen molar-refractivity contribution in [1.29, 1.82) is 0 Å². The van der Waals surface area contributed by atoms with Crippen LogP contribution < -0.4 is 5.73 Å². The van der Waals surface area contributed by atoms with Gasteiger partial charge in [-0.3, -0.25) is 0 Å². The summed E-state index contributed by atoms with van der Waals surface area (Å²) in [6, 6.07) is 12.8. The van der Waals surface area contributed by atoms with Crippen molar-refractivity contribution in [2.75, 3.05) is 5.73 Å². The molecule has 0 saturated carbocycles. The van der Waals surface area contributed by atoms with Gasteiger partial charge in [-0.2, -0.15) is 0 Å². The number of anilines is 1. The molecule has 0 amide bonds.